The average molecular weight is 484 g/mol. The number of carbonyl (C=O) groups is 1. The average Bonchev–Trinajstić information content (AvgIpc) is 3.07. The van der Waals surface area contributed by atoms with E-state index in [0.717, 1.165) is 17.7 Å². The summed E-state index contributed by atoms with van der Waals surface area (Å²) in [5.74, 6) is -0.0533. The molecule has 0 radical (unpaired) electrons. The van der Waals surface area contributed by atoms with Gasteiger partial charge in [0.2, 0.25) is 0 Å². The number of hydrogen-bond donors (Lipinski definition) is 0. The highest BCUT2D eigenvalue weighted by Gasteiger charge is 2.33. The van der Waals surface area contributed by atoms with Gasteiger partial charge in [-0.15, -0.1) is 0 Å². The molecule has 1 saturated heterocycles. The SMILES string of the molecule is CCc1ccc(N2C(=O)/C(=C/c3ccc(OCc4ccccc4F)c(Cl)c3)SC2=S)cc1. The number of nitrogens with zero attached hydrogens (tertiary/aromatic N) is 1. The second kappa shape index (κ2) is 9.86. The topological polar surface area (TPSA) is 29.5 Å². The smallest absolute Gasteiger partial charge is 0.270 e. The number of halogens is 2. The highest BCUT2D eigenvalue weighted by Crippen LogP contribution is 2.37. The van der Waals surface area contributed by atoms with E-state index in [0.29, 0.717) is 25.6 Å². The summed E-state index contributed by atoms with van der Waals surface area (Å²) in [5, 5.41) is 0.376. The molecule has 0 N–H and O–H groups in total. The third-order valence-electron chi connectivity index (χ3n) is 4.99. The molecule has 3 nitrogen and oxygen atoms in total. The molecule has 1 aliphatic heterocycles. The molecule has 0 bridgehead atoms. The van der Waals surface area contributed by atoms with Gasteiger partial charge in [-0.3, -0.25) is 9.69 Å². The van der Waals surface area contributed by atoms with Gasteiger partial charge in [-0.1, -0.05) is 78.9 Å². The molecule has 0 aromatic heterocycles. The van der Waals surface area contributed by atoms with Crippen LogP contribution in [0.5, 0.6) is 5.75 Å². The standard InChI is InChI=1S/C25H19ClFNO2S2/c1-2-16-7-10-19(11-8-16)28-24(29)23(32-25(28)31)14-17-9-12-22(20(26)13-17)30-15-18-5-3-4-6-21(18)27/h3-14H,2,15H2,1H3/b23-14-. The summed E-state index contributed by atoms with van der Waals surface area (Å²) in [4.78, 5) is 15.0. The number of thiocarbonyl (C=S) groups is 1. The van der Waals surface area contributed by atoms with E-state index in [-0.39, 0.29) is 18.3 Å². The van der Waals surface area contributed by atoms with E-state index in [4.69, 9.17) is 28.6 Å². The molecule has 1 fully saturated rings. The number of rotatable bonds is 6. The Bertz CT molecular complexity index is 1210. The van der Waals surface area contributed by atoms with Crippen LogP contribution in [0.4, 0.5) is 10.1 Å². The monoisotopic (exact) mass is 483 g/mol. The van der Waals surface area contributed by atoms with Crippen molar-refractivity contribution in [1.29, 1.82) is 0 Å². The van der Waals surface area contributed by atoms with Crippen LogP contribution in [0.2, 0.25) is 5.02 Å². The van der Waals surface area contributed by atoms with E-state index in [1.54, 1.807) is 47.4 Å². The van der Waals surface area contributed by atoms with Gasteiger partial charge in [0.05, 0.1) is 15.6 Å². The quantitative estimate of drug-likeness (QED) is 0.278. The van der Waals surface area contributed by atoms with Gasteiger partial charge in [0.25, 0.3) is 5.91 Å². The molecule has 162 valence electrons. The lowest BCUT2D eigenvalue weighted by Crippen LogP contribution is -2.27. The van der Waals surface area contributed by atoms with Crippen molar-refractivity contribution in [3.05, 3.63) is 99.2 Å². The number of carbonyl (C=O) groups excluding carboxylic acids is 1. The summed E-state index contributed by atoms with van der Waals surface area (Å²) in [7, 11) is 0. The molecule has 7 heteroatoms. The van der Waals surface area contributed by atoms with E-state index in [9.17, 15) is 9.18 Å². The zero-order valence-corrected chi connectivity index (χ0v) is 19.6. The lowest BCUT2D eigenvalue weighted by Gasteiger charge is -2.14. The molecule has 0 unspecified atom stereocenters. The predicted molar refractivity (Wildman–Crippen MR) is 134 cm³/mol. The zero-order chi connectivity index (χ0) is 22.7. The van der Waals surface area contributed by atoms with Crippen molar-refractivity contribution in [2.45, 2.75) is 20.0 Å². The maximum absolute atomic E-state index is 13.8. The molecule has 3 aromatic carbocycles. The Hall–Kier alpha value is -2.67. The van der Waals surface area contributed by atoms with Crippen molar-refractivity contribution in [2.24, 2.45) is 0 Å². The number of aryl methyl sites for hydroxylation is 1. The Morgan fingerprint density at radius 3 is 2.56 bits per heavy atom. The third kappa shape index (κ3) is 4.88. The Morgan fingerprint density at radius 1 is 1.12 bits per heavy atom. The summed E-state index contributed by atoms with van der Waals surface area (Å²) >= 11 is 13.1. The number of anilines is 1. The summed E-state index contributed by atoms with van der Waals surface area (Å²) in [6.45, 7) is 2.15. The number of amides is 1. The summed E-state index contributed by atoms with van der Waals surface area (Å²) in [6.07, 6.45) is 2.69. The van der Waals surface area contributed by atoms with Crippen LogP contribution in [0.25, 0.3) is 6.08 Å². The van der Waals surface area contributed by atoms with Crippen LogP contribution in [0, 0.1) is 5.82 Å². The molecule has 1 amide bonds. The molecule has 0 atom stereocenters. The Morgan fingerprint density at radius 2 is 1.88 bits per heavy atom. The molecule has 0 aliphatic carbocycles. The summed E-state index contributed by atoms with van der Waals surface area (Å²) in [5.41, 5.74) is 3.14. The van der Waals surface area contributed by atoms with Crippen molar-refractivity contribution in [2.75, 3.05) is 4.90 Å². The van der Waals surface area contributed by atoms with Crippen LogP contribution >= 0.6 is 35.6 Å². The molecule has 32 heavy (non-hydrogen) atoms. The fourth-order valence-corrected chi connectivity index (χ4v) is 4.76. The van der Waals surface area contributed by atoms with Crippen LogP contribution in [-0.2, 0) is 17.8 Å². The van der Waals surface area contributed by atoms with Crippen molar-refractivity contribution in [3.8, 4) is 5.75 Å². The van der Waals surface area contributed by atoms with E-state index in [2.05, 4.69) is 6.92 Å². The van der Waals surface area contributed by atoms with Gasteiger partial charge in [-0.05, 0) is 54.0 Å². The van der Waals surface area contributed by atoms with Crippen molar-refractivity contribution >= 4 is 57.6 Å². The minimum atomic E-state index is -0.327. The largest absolute Gasteiger partial charge is 0.487 e. The number of thioether (sulfide) groups is 1. The van der Waals surface area contributed by atoms with E-state index < -0.39 is 0 Å². The molecule has 1 heterocycles. The lowest BCUT2D eigenvalue weighted by molar-refractivity contribution is -0.113. The van der Waals surface area contributed by atoms with Gasteiger partial charge < -0.3 is 4.74 Å². The molecule has 1 aliphatic rings. The minimum absolute atomic E-state index is 0.0707. The van der Waals surface area contributed by atoms with Gasteiger partial charge in [0, 0.05) is 5.56 Å². The lowest BCUT2D eigenvalue weighted by atomic mass is 10.1. The zero-order valence-electron chi connectivity index (χ0n) is 17.2. The maximum atomic E-state index is 13.8. The van der Waals surface area contributed by atoms with Crippen LogP contribution in [-0.4, -0.2) is 10.2 Å². The van der Waals surface area contributed by atoms with Crippen molar-refractivity contribution < 1.29 is 13.9 Å². The first kappa shape index (κ1) is 22.5. The highest BCUT2D eigenvalue weighted by molar-refractivity contribution is 8.27. The van der Waals surface area contributed by atoms with Crippen LogP contribution < -0.4 is 9.64 Å². The molecular formula is C25H19ClFNO2S2. The summed E-state index contributed by atoms with van der Waals surface area (Å²) < 4.78 is 19.9. The van der Waals surface area contributed by atoms with E-state index >= 15 is 0 Å². The highest BCUT2D eigenvalue weighted by atomic mass is 35.5. The van der Waals surface area contributed by atoms with Gasteiger partial charge in [0.1, 0.15) is 18.2 Å². The Balaban J connectivity index is 1.49. The maximum Gasteiger partial charge on any atom is 0.270 e. The first-order chi connectivity index (χ1) is 15.5. The molecule has 0 spiro atoms. The number of hydrogen-bond acceptors (Lipinski definition) is 4. The predicted octanol–water partition coefficient (Wildman–Crippen LogP) is 7.03. The van der Waals surface area contributed by atoms with Gasteiger partial charge in [-0.2, -0.15) is 0 Å². The van der Waals surface area contributed by atoms with Gasteiger partial charge in [-0.25, -0.2) is 4.39 Å². The van der Waals surface area contributed by atoms with E-state index in [1.165, 1.54) is 23.4 Å². The Labute approximate surface area is 200 Å². The third-order valence-corrected chi connectivity index (χ3v) is 6.59. The van der Waals surface area contributed by atoms with Crippen molar-refractivity contribution in [3.63, 3.8) is 0 Å². The molecule has 4 rings (SSSR count). The molecular weight excluding hydrogens is 465 g/mol. The second-order valence-corrected chi connectivity index (χ2v) is 9.19. The normalized spacial score (nSPS) is 15.0. The first-order valence-electron chi connectivity index (χ1n) is 9.99. The van der Waals surface area contributed by atoms with Crippen molar-refractivity contribution in [1.82, 2.24) is 0 Å². The molecule has 3 aromatic rings. The number of benzene rings is 3. The molecule has 0 saturated carbocycles. The first-order valence-corrected chi connectivity index (χ1v) is 11.6. The fraction of sp³-hybridized carbons (Fsp3) is 0.120. The van der Waals surface area contributed by atoms with Crippen LogP contribution in [0.1, 0.15) is 23.6 Å². The Kier molecular flexibility index (Phi) is 6.94. The van der Waals surface area contributed by atoms with Gasteiger partial charge >= 0.3 is 0 Å². The summed E-state index contributed by atoms with van der Waals surface area (Å²) in [6, 6.07) is 19.5. The van der Waals surface area contributed by atoms with E-state index in [1.807, 2.05) is 24.3 Å². The van der Waals surface area contributed by atoms with Gasteiger partial charge in [0.15, 0.2) is 4.32 Å². The number of ether oxygens (including phenoxy) is 1. The minimum Gasteiger partial charge on any atom is -0.487 e. The fourth-order valence-electron chi connectivity index (χ4n) is 3.22. The van der Waals surface area contributed by atoms with Crippen LogP contribution in [0.3, 0.4) is 0 Å². The second-order valence-electron chi connectivity index (χ2n) is 7.11. The van der Waals surface area contributed by atoms with Crippen LogP contribution in [0.15, 0.2) is 71.6 Å².